The lowest BCUT2D eigenvalue weighted by atomic mass is 9.86. The van der Waals surface area contributed by atoms with E-state index in [2.05, 4.69) is 40.9 Å². The number of rotatable bonds is 5. The van der Waals surface area contributed by atoms with Crippen LogP contribution in [0.25, 0.3) is 5.69 Å². The summed E-state index contributed by atoms with van der Waals surface area (Å²) >= 11 is 0. The highest BCUT2D eigenvalue weighted by atomic mass is 16.5. The number of ether oxygens (including phenoxy) is 1. The second-order valence-corrected chi connectivity index (χ2v) is 9.38. The highest BCUT2D eigenvalue weighted by Gasteiger charge is 2.33. The number of aryl methyl sites for hydroxylation is 1. The molecule has 1 unspecified atom stereocenters. The Kier molecular flexibility index (Phi) is 6.10. The van der Waals surface area contributed by atoms with E-state index in [0.717, 1.165) is 55.9 Å². The maximum Gasteiger partial charge on any atom is 0.213 e. The molecular weight excluding hydrogens is 412 g/mol. The Morgan fingerprint density at radius 2 is 1.88 bits per heavy atom. The molecule has 170 valence electrons. The van der Waals surface area contributed by atoms with E-state index in [9.17, 15) is 5.26 Å². The molecule has 1 saturated carbocycles. The van der Waals surface area contributed by atoms with Crippen LogP contribution in [0, 0.1) is 11.3 Å². The predicted octanol–water partition coefficient (Wildman–Crippen LogP) is 4.62. The number of aromatic nitrogens is 4. The average molecular weight is 443 g/mol. The van der Waals surface area contributed by atoms with Crippen molar-refractivity contribution >= 4 is 0 Å². The smallest absolute Gasteiger partial charge is 0.213 e. The molecule has 5 rings (SSSR count). The molecule has 1 aliphatic heterocycles. The summed E-state index contributed by atoms with van der Waals surface area (Å²) < 4.78 is 8.37. The molecule has 3 heterocycles. The minimum absolute atomic E-state index is 0.132. The third kappa shape index (κ3) is 4.49. The predicted molar refractivity (Wildman–Crippen MR) is 125 cm³/mol. The molecule has 7 heteroatoms. The van der Waals surface area contributed by atoms with Gasteiger partial charge in [-0.1, -0.05) is 19.9 Å². The van der Waals surface area contributed by atoms with E-state index in [1.807, 2.05) is 30.3 Å². The van der Waals surface area contributed by atoms with Gasteiger partial charge in [0.15, 0.2) is 5.82 Å². The first-order chi connectivity index (χ1) is 16.1. The summed E-state index contributed by atoms with van der Waals surface area (Å²) in [6, 6.07) is 14.5. The SMILES string of the molecule is CC(C)NC1CCc2cc(C#N)ccc2-n2c(C3CCC(Oc4ccccn4)CC3)nnc21. The van der Waals surface area contributed by atoms with E-state index < -0.39 is 0 Å². The summed E-state index contributed by atoms with van der Waals surface area (Å²) in [5, 5.41) is 22.5. The molecule has 33 heavy (non-hydrogen) atoms. The Hall–Kier alpha value is -3.24. The number of nitrogens with zero attached hydrogens (tertiary/aromatic N) is 5. The van der Waals surface area contributed by atoms with Crippen LogP contribution in [0.2, 0.25) is 0 Å². The number of nitriles is 1. The van der Waals surface area contributed by atoms with Crippen LogP contribution in [0.15, 0.2) is 42.6 Å². The van der Waals surface area contributed by atoms with Gasteiger partial charge in [0.05, 0.1) is 23.4 Å². The van der Waals surface area contributed by atoms with Crippen LogP contribution >= 0.6 is 0 Å². The molecule has 1 aromatic carbocycles. The number of pyridine rings is 1. The number of fused-ring (bicyclic) bond motifs is 3. The van der Waals surface area contributed by atoms with Crippen molar-refractivity contribution < 1.29 is 4.74 Å². The van der Waals surface area contributed by atoms with E-state index in [0.29, 0.717) is 23.4 Å². The maximum atomic E-state index is 9.41. The van der Waals surface area contributed by atoms with Crippen LogP contribution in [-0.4, -0.2) is 31.9 Å². The molecule has 1 N–H and O–H groups in total. The lowest BCUT2D eigenvalue weighted by molar-refractivity contribution is 0.139. The Morgan fingerprint density at radius 1 is 1.06 bits per heavy atom. The number of nitrogens with one attached hydrogen (secondary N) is 1. The fraction of sp³-hybridized carbons (Fsp3) is 0.462. The van der Waals surface area contributed by atoms with E-state index in [4.69, 9.17) is 14.9 Å². The van der Waals surface area contributed by atoms with Gasteiger partial charge in [0.1, 0.15) is 11.9 Å². The Morgan fingerprint density at radius 3 is 2.61 bits per heavy atom. The van der Waals surface area contributed by atoms with Crippen LogP contribution in [0.5, 0.6) is 5.88 Å². The van der Waals surface area contributed by atoms with Crippen LogP contribution in [0.4, 0.5) is 0 Å². The van der Waals surface area contributed by atoms with Crippen LogP contribution < -0.4 is 10.1 Å². The standard InChI is InChI=1S/C26H30N6O/c1-17(2)29-22-12-9-20-15-18(16-27)6-13-23(20)32-25(30-31-26(22)32)19-7-10-21(11-8-19)33-24-5-3-4-14-28-24/h3-6,13-15,17,19,21-22,29H,7-12H2,1-2H3. The second-order valence-electron chi connectivity index (χ2n) is 9.38. The van der Waals surface area contributed by atoms with E-state index in [1.54, 1.807) is 6.20 Å². The molecule has 1 atom stereocenters. The molecule has 0 spiro atoms. The summed E-state index contributed by atoms with van der Waals surface area (Å²) in [5.41, 5.74) is 3.01. The van der Waals surface area contributed by atoms with E-state index in [-0.39, 0.29) is 12.1 Å². The van der Waals surface area contributed by atoms with E-state index >= 15 is 0 Å². The maximum absolute atomic E-state index is 9.41. The first kappa shape index (κ1) is 21.6. The summed E-state index contributed by atoms with van der Waals surface area (Å²) in [5.74, 6) is 3.04. The molecule has 3 aromatic rings. The van der Waals surface area contributed by atoms with Crippen molar-refractivity contribution in [2.24, 2.45) is 0 Å². The van der Waals surface area contributed by atoms with Gasteiger partial charge in [0.25, 0.3) is 0 Å². The number of hydrogen-bond acceptors (Lipinski definition) is 6. The van der Waals surface area contributed by atoms with Crippen molar-refractivity contribution in [3.63, 3.8) is 0 Å². The minimum atomic E-state index is 0.132. The molecule has 1 fully saturated rings. The summed E-state index contributed by atoms with van der Waals surface area (Å²) in [4.78, 5) is 4.30. The van der Waals surface area contributed by atoms with E-state index in [1.165, 1.54) is 5.56 Å². The number of hydrogen-bond donors (Lipinski definition) is 1. The first-order valence-corrected chi connectivity index (χ1v) is 11.9. The number of benzene rings is 1. The molecular formula is C26H30N6O. The topological polar surface area (TPSA) is 88.7 Å². The van der Waals surface area contributed by atoms with Gasteiger partial charge in [-0.25, -0.2) is 4.98 Å². The summed E-state index contributed by atoms with van der Waals surface area (Å²) in [7, 11) is 0. The Balaban J connectivity index is 1.43. The second kappa shape index (κ2) is 9.32. The lowest BCUT2D eigenvalue weighted by Gasteiger charge is -2.28. The quantitative estimate of drug-likeness (QED) is 0.620. The van der Waals surface area contributed by atoms with Crippen molar-refractivity contribution in [1.29, 1.82) is 5.26 Å². The summed E-state index contributed by atoms with van der Waals surface area (Å²) in [6.07, 6.45) is 7.74. The monoisotopic (exact) mass is 442 g/mol. The molecule has 0 bridgehead atoms. The first-order valence-electron chi connectivity index (χ1n) is 11.9. The highest BCUT2D eigenvalue weighted by molar-refractivity contribution is 5.49. The minimum Gasteiger partial charge on any atom is -0.474 e. The normalized spacial score (nSPS) is 22.2. The third-order valence-electron chi connectivity index (χ3n) is 6.68. The fourth-order valence-electron chi connectivity index (χ4n) is 5.13. The Labute approximate surface area is 194 Å². The van der Waals surface area contributed by atoms with Crippen molar-refractivity contribution in [1.82, 2.24) is 25.1 Å². The van der Waals surface area contributed by atoms with Gasteiger partial charge in [0.2, 0.25) is 5.88 Å². The van der Waals surface area contributed by atoms with Crippen molar-refractivity contribution in [3.05, 3.63) is 65.4 Å². The zero-order valence-electron chi connectivity index (χ0n) is 19.2. The molecule has 2 aromatic heterocycles. The molecule has 0 amide bonds. The zero-order valence-corrected chi connectivity index (χ0v) is 19.2. The molecule has 0 saturated heterocycles. The van der Waals surface area contributed by atoms with Crippen LogP contribution in [0.3, 0.4) is 0 Å². The van der Waals surface area contributed by atoms with Gasteiger partial charge in [-0.3, -0.25) is 4.57 Å². The van der Waals surface area contributed by atoms with Gasteiger partial charge in [0, 0.05) is 24.2 Å². The van der Waals surface area contributed by atoms with Crippen LogP contribution in [-0.2, 0) is 6.42 Å². The fourth-order valence-corrected chi connectivity index (χ4v) is 5.13. The third-order valence-corrected chi connectivity index (χ3v) is 6.68. The van der Waals surface area contributed by atoms with Crippen molar-refractivity contribution in [2.45, 2.75) is 76.5 Å². The van der Waals surface area contributed by atoms with Crippen LogP contribution in [0.1, 0.15) is 80.7 Å². The lowest BCUT2D eigenvalue weighted by Crippen LogP contribution is -2.30. The molecule has 2 aliphatic rings. The molecule has 1 aliphatic carbocycles. The Bertz CT molecular complexity index is 1140. The van der Waals surface area contributed by atoms with Crippen molar-refractivity contribution in [2.75, 3.05) is 0 Å². The van der Waals surface area contributed by atoms with Gasteiger partial charge in [-0.2, -0.15) is 5.26 Å². The largest absolute Gasteiger partial charge is 0.474 e. The molecule has 0 radical (unpaired) electrons. The van der Waals surface area contributed by atoms with Gasteiger partial charge in [-0.05, 0) is 68.4 Å². The molecule has 7 nitrogen and oxygen atoms in total. The van der Waals surface area contributed by atoms with Gasteiger partial charge >= 0.3 is 0 Å². The van der Waals surface area contributed by atoms with Gasteiger partial charge in [-0.15, -0.1) is 10.2 Å². The average Bonchev–Trinajstić information content (AvgIpc) is 3.21. The van der Waals surface area contributed by atoms with Gasteiger partial charge < -0.3 is 10.1 Å². The zero-order chi connectivity index (χ0) is 22.8. The summed E-state index contributed by atoms with van der Waals surface area (Å²) in [6.45, 7) is 4.33. The highest BCUT2D eigenvalue weighted by Crippen LogP contribution is 2.38. The van der Waals surface area contributed by atoms with Crippen molar-refractivity contribution in [3.8, 4) is 17.6 Å².